The van der Waals surface area contributed by atoms with Crippen LogP contribution in [0.1, 0.15) is 38.8 Å². The van der Waals surface area contributed by atoms with Crippen LogP contribution in [-0.2, 0) is 0 Å². The maximum atomic E-state index is 6.23. The highest BCUT2D eigenvalue weighted by Crippen LogP contribution is 2.26. The van der Waals surface area contributed by atoms with Gasteiger partial charge in [-0.1, -0.05) is 43.6 Å². The Balaban J connectivity index is 2.61. The van der Waals surface area contributed by atoms with E-state index in [1.165, 1.54) is 5.56 Å². The summed E-state index contributed by atoms with van der Waals surface area (Å²) in [7, 11) is 2.11. The van der Waals surface area contributed by atoms with Gasteiger partial charge in [-0.25, -0.2) is 0 Å². The first-order valence-electron chi connectivity index (χ1n) is 6.62. The van der Waals surface area contributed by atoms with Gasteiger partial charge < -0.3 is 5.73 Å². The predicted molar refractivity (Wildman–Crippen MR) is 79.9 cm³/mol. The van der Waals surface area contributed by atoms with Crippen molar-refractivity contribution in [3.8, 4) is 0 Å². The lowest BCUT2D eigenvalue weighted by molar-refractivity contribution is 0.235. The molecular formula is C15H25ClN2. The molecule has 0 aliphatic carbocycles. The van der Waals surface area contributed by atoms with Gasteiger partial charge in [0.15, 0.2) is 0 Å². The minimum absolute atomic E-state index is 0.222. The molecule has 0 radical (unpaired) electrons. The zero-order chi connectivity index (χ0) is 13.7. The van der Waals surface area contributed by atoms with E-state index in [0.29, 0.717) is 5.92 Å². The van der Waals surface area contributed by atoms with Crippen LogP contribution in [0.3, 0.4) is 0 Å². The number of likely N-dealkylation sites (N-methyl/N-ethyl adjacent to an activating group) is 1. The third-order valence-electron chi connectivity index (χ3n) is 3.31. The topological polar surface area (TPSA) is 29.3 Å². The number of nitrogens with two attached hydrogens (primary N) is 1. The van der Waals surface area contributed by atoms with E-state index in [-0.39, 0.29) is 12.1 Å². The van der Waals surface area contributed by atoms with E-state index in [9.17, 15) is 0 Å². The van der Waals surface area contributed by atoms with Gasteiger partial charge in [-0.15, -0.1) is 0 Å². The Morgan fingerprint density at radius 3 is 2.39 bits per heavy atom. The van der Waals surface area contributed by atoms with Gasteiger partial charge in [0, 0.05) is 23.7 Å². The van der Waals surface area contributed by atoms with Crippen molar-refractivity contribution in [1.82, 2.24) is 4.90 Å². The third-order valence-corrected chi connectivity index (χ3v) is 3.66. The van der Waals surface area contributed by atoms with Gasteiger partial charge in [0.2, 0.25) is 0 Å². The Bertz CT molecular complexity index is 365. The van der Waals surface area contributed by atoms with Crippen molar-refractivity contribution in [2.24, 2.45) is 11.7 Å². The van der Waals surface area contributed by atoms with Gasteiger partial charge >= 0.3 is 0 Å². The molecule has 1 aromatic carbocycles. The van der Waals surface area contributed by atoms with E-state index in [2.05, 4.69) is 38.8 Å². The van der Waals surface area contributed by atoms with Crippen molar-refractivity contribution in [2.45, 2.75) is 39.3 Å². The molecule has 0 saturated heterocycles. The Morgan fingerprint density at radius 2 is 1.83 bits per heavy atom. The van der Waals surface area contributed by atoms with Crippen molar-refractivity contribution in [3.05, 3.63) is 34.9 Å². The molecule has 3 heteroatoms. The normalized spacial score (nSPS) is 15.1. The quantitative estimate of drug-likeness (QED) is 0.852. The van der Waals surface area contributed by atoms with Gasteiger partial charge in [0.05, 0.1) is 0 Å². The summed E-state index contributed by atoms with van der Waals surface area (Å²) in [6.45, 7) is 7.47. The van der Waals surface area contributed by atoms with E-state index in [0.717, 1.165) is 18.0 Å². The first kappa shape index (κ1) is 15.5. The lowest BCUT2D eigenvalue weighted by Crippen LogP contribution is -2.37. The molecule has 18 heavy (non-hydrogen) atoms. The lowest BCUT2D eigenvalue weighted by Gasteiger charge is -2.29. The average molecular weight is 269 g/mol. The molecule has 0 aliphatic rings. The van der Waals surface area contributed by atoms with Gasteiger partial charge in [0.1, 0.15) is 0 Å². The Kier molecular flexibility index (Phi) is 6.13. The van der Waals surface area contributed by atoms with Crippen molar-refractivity contribution < 1.29 is 0 Å². The van der Waals surface area contributed by atoms with Gasteiger partial charge in [-0.2, -0.15) is 0 Å². The first-order chi connectivity index (χ1) is 8.41. The van der Waals surface area contributed by atoms with E-state index in [4.69, 9.17) is 17.3 Å². The van der Waals surface area contributed by atoms with E-state index in [1.807, 2.05) is 18.2 Å². The SMILES string of the molecule is CC(C)CC(N)CN(C)C(C)c1ccccc1Cl. The molecule has 2 N–H and O–H groups in total. The highest BCUT2D eigenvalue weighted by Gasteiger charge is 2.17. The molecule has 0 amide bonds. The molecule has 0 aromatic heterocycles. The fourth-order valence-corrected chi connectivity index (χ4v) is 2.55. The number of nitrogens with zero attached hydrogens (tertiary/aromatic N) is 1. The first-order valence-corrected chi connectivity index (χ1v) is 6.99. The van der Waals surface area contributed by atoms with Crippen LogP contribution in [0, 0.1) is 5.92 Å². The summed E-state index contributed by atoms with van der Waals surface area (Å²) in [6, 6.07) is 8.52. The molecule has 0 aliphatic heterocycles. The third kappa shape index (κ3) is 4.60. The molecule has 2 nitrogen and oxygen atoms in total. The van der Waals surface area contributed by atoms with Crippen LogP contribution in [0.15, 0.2) is 24.3 Å². The molecular weight excluding hydrogens is 244 g/mol. The molecule has 0 heterocycles. The van der Waals surface area contributed by atoms with Gasteiger partial charge in [-0.3, -0.25) is 4.90 Å². The Morgan fingerprint density at radius 1 is 1.22 bits per heavy atom. The van der Waals surface area contributed by atoms with Crippen LogP contribution in [-0.4, -0.2) is 24.5 Å². The molecule has 1 aromatic rings. The summed E-state index contributed by atoms with van der Waals surface area (Å²) < 4.78 is 0. The molecule has 2 atom stereocenters. The maximum absolute atomic E-state index is 6.23. The Hall–Kier alpha value is -0.570. The zero-order valence-corrected chi connectivity index (χ0v) is 12.6. The predicted octanol–water partition coefficient (Wildman–Crippen LogP) is 3.71. The number of halogens is 1. The van der Waals surface area contributed by atoms with Crippen LogP contribution < -0.4 is 5.73 Å². The van der Waals surface area contributed by atoms with Crippen LogP contribution in [0.25, 0.3) is 0 Å². The van der Waals surface area contributed by atoms with Crippen molar-refractivity contribution in [3.63, 3.8) is 0 Å². The smallest absolute Gasteiger partial charge is 0.0453 e. The highest BCUT2D eigenvalue weighted by molar-refractivity contribution is 6.31. The van der Waals surface area contributed by atoms with Gasteiger partial charge in [-0.05, 0) is 37.9 Å². The van der Waals surface area contributed by atoms with E-state index in [1.54, 1.807) is 0 Å². The second-order valence-corrected chi connectivity index (χ2v) is 5.93. The number of rotatable bonds is 6. The van der Waals surface area contributed by atoms with Crippen LogP contribution >= 0.6 is 11.6 Å². The largest absolute Gasteiger partial charge is 0.327 e. The number of hydrogen-bond acceptors (Lipinski definition) is 2. The van der Waals surface area contributed by atoms with Crippen molar-refractivity contribution in [2.75, 3.05) is 13.6 Å². The summed E-state index contributed by atoms with van der Waals surface area (Å²) in [5.74, 6) is 0.643. The minimum Gasteiger partial charge on any atom is -0.327 e. The second kappa shape index (κ2) is 7.13. The average Bonchev–Trinajstić information content (AvgIpc) is 2.27. The minimum atomic E-state index is 0.222. The molecule has 0 saturated carbocycles. The highest BCUT2D eigenvalue weighted by atomic mass is 35.5. The summed E-state index contributed by atoms with van der Waals surface area (Å²) >= 11 is 6.23. The summed E-state index contributed by atoms with van der Waals surface area (Å²) in [5.41, 5.74) is 7.32. The standard InChI is InChI=1S/C15H25ClN2/c1-11(2)9-13(17)10-18(4)12(3)14-7-5-6-8-15(14)16/h5-8,11-13H,9-10,17H2,1-4H3. The molecule has 102 valence electrons. The molecule has 2 unspecified atom stereocenters. The second-order valence-electron chi connectivity index (χ2n) is 5.53. The summed E-state index contributed by atoms with van der Waals surface area (Å²) in [6.07, 6.45) is 1.06. The molecule has 0 spiro atoms. The molecule has 1 rings (SSSR count). The maximum Gasteiger partial charge on any atom is 0.0453 e. The fraction of sp³-hybridized carbons (Fsp3) is 0.600. The Labute approximate surface area is 116 Å². The van der Waals surface area contributed by atoms with Crippen LogP contribution in [0.4, 0.5) is 0 Å². The lowest BCUT2D eigenvalue weighted by atomic mass is 10.0. The number of hydrogen-bond donors (Lipinski definition) is 1. The van der Waals surface area contributed by atoms with Crippen LogP contribution in [0.5, 0.6) is 0 Å². The molecule has 0 bridgehead atoms. The van der Waals surface area contributed by atoms with Crippen LogP contribution in [0.2, 0.25) is 5.02 Å². The van der Waals surface area contributed by atoms with Crippen molar-refractivity contribution >= 4 is 11.6 Å². The van der Waals surface area contributed by atoms with E-state index < -0.39 is 0 Å². The molecule has 0 fully saturated rings. The summed E-state index contributed by atoms with van der Waals surface area (Å²) in [5, 5.41) is 0.828. The fourth-order valence-electron chi connectivity index (χ4n) is 2.26. The van der Waals surface area contributed by atoms with Crippen molar-refractivity contribution in [1.29, 1.82) is 0 Å². The zero-order valence-electron chi connectivity index (χ0n) is 11.9. The number of benzene rings is 1. The van der Waals surface area contributed by atoms with E-state index >= 15 is 0 Å². The van der Waals surface area contributed by atoms with Gasteiger partial charge in [0.25, 0.3) is 0 Å². The monoisotopic (exact) mass is 268 g/mol. The summed E-state index contributed by atoms with van der Waals surface area (Å²) in [4.78, 5) is 2.27.